The van der Waals surface area contributed by atoms with E-state index in [1.807, 2.05) is 13.8 Å². The molecule has 1 aliphatic rings. The molecular formula is C15H33IN4O4S. The van der Waals surface area contributed by atoms with E-state index >= 15 is 0 Å². The Morgan fingerprint density at radius 2 is 1.84 bits per heavy atom. The van der Waals surface area contributed by atoms with Crippen molar-refractivity contribution >= 4 is 40.0 Å². The molecule has 0 saturated carbocycles. The second-order valence-electron chi connectivity index (χ2n) is 5.94. The van der Waals surface area contributed by atoms with Crippen LogP contribution in [0.1, 0.15) is 20.3 Å². The van der Waals surface area contributed by atoms with Crippen LogP contribution in [0.25, 0.3) is 0 Å². The van der Waals surface area contributed by atoms with Crippen molar-refractivity contribution in [2.24, 2.45) is 4.99 Å². The van der Waals surface area contributed by atoms with E-state index in [1.165, 1.54) is 0 Å². The first-order valence-corrected chi connectivity index (χ1v) is 10.1. The maximum Gasteiger partial charge on any atom is 0.216 e. The zero-order valence-corrected chi connectivity index (χ0v) is 18.9. The smallest absolute Gasteiger partial charge is 0.216 e. The molecule has 0 unspecified atom stereocenters. The van der Waals surface area contributed by atoms with Gasteiger partial charge in [0.1, 0.15) is 0 Å². The van der Waals surface area contributed by atoms with Gasteiger partial charge in [0.05, 0.1) is 18.5 Å². The van der Waals surface area contributed by atoms with Crippen LogP contribution in [0.2, 0.25) is 0 Å². The number of piperazine rings is 1. The molecule has 0 bridgehead atoms. The number of guanidine groups is 1. The average molecular weight is 492 g/mol. The molecule has 25 heavy (non-hydrogen) atoms. The van der Waals surface area contributed by atoms with Crippen molar-refractivity contribution in [1.82, 2.24) is 14.5 Å². The quantitative estimate of drug-likeness (QED) is 0.220. The Morgan fingerprint density at radius 1 is 1.20 bits per heavy atom. The second kappa shape index (κ2) is 13.1. The van der Waals surface area contributed by atoms with Gasteiger partial charge in [0, 0.05) is 53.5 Å². The molecule has 1 fully saturated rings. The standard InChI is InChI=1S/C15H32N4O4S.HI/c1-14(2)23-12-13-24(20,21)19-9-7-18(8-10-19)15(16-3)17-6-5-11-22-4;/h14H,5-13H2,1-4H3,(H,16,17);1H. The number of hydrogen-bond donors (Lipinski definition) is 1. The molecule has 1 heterocycles. The molecule has 8 nitrogen and oxygen atoms in total. The zero-order chi connectivity index (χ0) is 18.0. The van der Waals surface area contributed by atoms with Crippen LogP contribution in [0.5, 0.6) is 0 Å². The van der Waals surface area contributed by atoms with E-state index in [2.05, 4.69) is 15.2 Å². The molecule has 0 aromatic carbocycles. The fraction of sp³-hybridized carbons (Fsp3) is 0.933. The summed E-state index contributed by atoms with van der Waals surface area (Å²) in [5.74, 6) is 0.848. The largest absolute Gasteiger partial charge is 0.385 e. The Labute approximate surface area is 169 Å². The van der Waals surface area contributed by atoms with Crippen LogP contribution >= 0.6 is 24.0 Å². The SMILES string of the molecule is CN=C(NCCCOC)N1CCN(S(=O)(=O)CCOC(C)C)CC1.I. The maximum absolute atomic E-state index is 12.3. The van der Waals surface area contributed by atoms with Gasteiger partial charge in [-0.2, -0.15) is 4.31 Å². The summed E-state index contributed by atoms with van der Waals surface area (Å²) in [5.41, 5.74) is 0. The molecule has 1 N–H and O–H groups in total. The number of sulfonamides is 1. The van der Waals surface area contributed by atoms with Crippen LogP contribution in [-0.4, -0.2) is 95.5 Å². The molecule has 0 spiro atoms. The highest BCUT2D eigenvalue weighted by Gasteiger charge is 2.27. The van der Waals surface area contributed by atoms with Crippen molar-refractivity contribution in [1.29, 1.82) is 0 Å². The number of halogens is 1. The number of nitrogens with one attached hydrogen (secondary N) is 1. The lowest BCUT2D eigenvalue weighted by molar-refractivity contribution is 0.0904. The third-order valence-corrected chi connectivity index (χ3v) is 5.58. The van der Waals surface area contributed by atoms with Crippen molar-refractivity contribution in [3.8, 4) is 0 Å². The Morgan fingerprint density at radius 3 is 2.36 bits per heavy atom. The highest BCUT2D eigenvalue weighted by atomic mass is 127. The molecule has 0 atom stereocenters. The second-order valence-corrected chi connectivity index (χ2v) is 8.03. The molecule has 150 valence electrons. The third kappa shape index (κ3) is 9.36. The fourth-order valence-electron chi connectivity index (χ4n) is 2.45. The number of methoxy groups -OCH3 is 1. The summed E-state index contributed by atoms with van der Waals surface area (Å²) >= 11 is 0. The first-order chi connectivity index (χ1) is 11.4. The summed E-state index contributed by atoms with van der Waals surface area (Å²) in [5, 5.41) is 3.28. The molecule has 1 aliphatic heterocycles. The summed E-state index contributed by atoms with van der Waals surface area (Å²) in [6.07, 6.45) is 0.948. The van der Waals surface area contributed by atoms with Crippen LogP contribution in [0.3, 0.4) is 0 Å². The Kier molecular flexibility index (Phi) is 13.0. The zero-order valence-electron chi connectivity index (χ0n) is 15.7. The minimum absolute atomic E-state index is 0. The van der Waals surface area contributed by atoms with Crippen LogP contribution in [0.15, 0.2) is 4.99 Å². The number of ether oxygens (including phenoxy) is 2. The summed E-state index contributed by atoms with van der Waals surface area (Å²) in [7, 11) is 0.168. The molecule has 0 aromatic heterocycles. The average Bonchev–Trinajstić information content (AvgIpc) is 2.55. The van der Waals surface area contributed by atoms with Crippen molar-refractivity contribution in [2.75, 3.05) is 65.8 Å². The highest BCUT2D eigenvalue weighted by molar-refractivity contribution is 14.0. The van der Waals surface area contributed by atoms with Gasteiger partial charge in [0.25, 0.3) is 0 Å². The van der Waals surface area contributed by atoms with Crippen LogP contribution in [0.4, 0.5) is 0 Å². The van der Waals surface area contributed by atoms with Gasteiger partial charge in [-0.15, -0.1) is 24.0 Å². The third-order valence-electron chi connectivity index (χ3n) is 3.74. The first-order valence-electron chi connectivity index (χ1n) is 8.44. The van der Waals surface area contributed by atoms with Crippen LogP contribution in [-0.2, 0) is 19.5 Å². The van der Waals surface area contributed by atoms with Gasteiger partial charge in [0.15, 0.2) is 5.96 Å². The first kappa shape index (κ1) is 24.8. The molecule has 1 rings (SSSR count). The summed E-state index contributed by atoms with van der Waals surface area (Å²) in [6, 6.07) is 0. The lowest BCUT2D eigenvalue weighted by Gasteiger charge is -2.35. The predicted molar refractivity (Wildman–Crippen MR) is 111 cm³/mol. The number of nitrogens with zero attached hydrogens (tertiary/aromatic N) is 3. The Balaban J connectivity index is 0.00000576. The van der Waals surface area contributed by atoms with Crippen LogP contribution in [0, 0.1) is 0 Å². The van der Waals surface area contributed by atoms with Gasteiger partial charge in [-0.05, 0) is 20.3 Å². The van der Waals surface area contributed by atoms with Gasteiger partial charge >= 0.3 is 0 Å². The van der Waals surface area contributed by atoms with Crippen LogP contribution < -0.4 is 5.32 Å². The molecule has 10 heteroatoms. The fourth-order valence-corrected chi connectivity index (χ4v) is 3.73. The summed E-state index contributed by atoms with van der Waals surface area (Å²) < 4.78 is 36.6. The van der Waals surface area contributed by atoms with E-state index < -0.39 is 10.0 Å². The van der Waals surface area contributed by atoms with Gasteiger partial charge in [0.2, 0.25) is 10.0 Å². The highest BCUT2D eigenvalue weighted by Crippen LogP contribution is 2.09. The molecule has 0 aromatic rings. The Hall–Kier alpha value is -0.170. The minimum Gasteiger partial charge on any atom is -0.385 e. The van der Waals surface area contributed by atoms with Gasteiger partial charge in [-0.25, -0.2) is 8.42 Å². The van der Waals surface area contributed by atoms with Crippen molar-refractivity contribution in [3.05, 3.63) is 0 Å². The van der Waals surface area contributed by atoms with E-state index in [-0.39, 0.29) is 42.4 Å². The lowest BCUT2D eigenvalue weighted by Crippen LogP contribution is -2.54. The summed E-state index contributed by atoms with van der Waals surface area (Å²) in [4.78, 5) is 6.35. The molecule has 0 aliphatic carbocycles. The molecule has 0 amide bonds. The van der Waals surface area contributed by atoms with E-state index in [9.17, 15) is 8.42 Å². The molecule has 0 radical (unpaired) electrons. The normalized spacial score (nSPS) is 16.8. The van der Waals surface area contributed by atoms with E-state index in [0.29, 0.717) is 32.8 Å². The van der Waals surface area contributed by atoms with Crippen molar-refractivity contribution in [3.63, 3.8) is 0 Å². The van der Waals surface area contributed by atoms with Gasteiger partial charge in [-0.1, -0.05) is 0 Å². The number of hydrogen-bond acceptors (Lipinski definition) is 5. The number of rotatable bonds is 9. The Bertz CT molecular complexity index is 480. The van der Waals surface area contributed by atoms with E-state index in [0.717, 1.165) is 18.9 Å². The van der Waals surface area contributed by atoms with E-state index in [4.69, 9.17) is 9.47 Å². The topological polar surface area (TPSA) is 83.5 Å². The predicted octanol–water partition coefficient (Wildman–Crippen LogP) is 0.589. The summed E-state index contributed by atoms with van der Waals surface area (Å²) in [6.45, 7) is 7.74. The van der Waals surface area contributed by atoms with Crippen molar-refractivity contribution < 1.29 is 17.9 Å². The lowest BCUT2D eigenvalue weighted by atomic mass is 10.4. The monoisotopic (exact) mass is 492 g/mol. The maximum atomic E-state index is 12.3. The minimum atomic E-state index is -3.25. The molecular weight excluding hydrogens is 459 g/mol. The van der Waals surface area contributed by atoms with E-state index in [1.54, 1.807) is 18.5 Å². The van der Waals surface area contributed by atoms with Crippen molar-refractivity contribution in [2.45, 2.75) is 26.4 Å². The van der Waals surface area contributed by atoms with Gasteiger partial charge in [-0.3, -0.25) is 4.99 Å². The molecule has 1 saturated heterocycles. The van der Waals surface area contributed by atoms with Gasteiger partial charge < -0.3 is 19.7 Å². The number of aliphatic imine (C=N–C) groups is 1.